The van der Waals surface area contributed by atoms with Crippen molar-refractivity contribution in [3.05, 3.63) is 70.5 Å². The number of aromatic amines is 1. The molecule has 0 unspecified atom stereocenters. The molecule has 3 heterocycles. The van der Waals surface area contributed by atoms with E-state index in [1.807, 2.05) is 6.20 Å². The average molecular weight is 515 g/mol. The number of anilines is 2. The van der Waals surface area contributed by atoms with Crippen molar-refractivity contribution < 1.29 is 0 Å². The van der Waals surface area contributed by atoms with E-state index in [0.717, 1.165) is 47.5 Å². The summed E-state index contributed by atoms with van der Waals surface area (Å²) in [4.78, 5) is 15.3. The van der Waals surface area contributed by atoms with Gasteiger partial charge >= 0.3 is 0 Å². The number of hydrogen-bond acceptors (Lipinski definition) is 5. The molecule has 0 spiro atoms. The zero-order chi connectivity index (χ0) is 25.7. The summed E-state index contributed by atoms with van der Waals surface area (Å²) >= 11 is 6.59. The van der Waals surface area contributed by atoms with Crippen LogP contribution in [-0.4, -0.2) is 44.5 Å². The van der Waals surface area contributed by atoms with Gasteiger partial charge in [0.25, 0.3) is 0 Å². The topological polar surface area (TPSA) is 68.9 Å². The van der Waals surface area contributed by atoms with Gasteiger partial charge in [-0.3, -0.25) is 4.90 Å². The van der Waals surface area contributed by atoms with Crippen LogP contribution in [-0.2, 0) is 6.54 Å². The second-order valence-corrected chi connectivity index (χ2v) is 12.0. The lowest BCUT2D eigenvalue weighted by molar-refractivity contribution is 0.117. The number of piperazine rings is 1. The van der Waals surface area contributed by atoms with Gasteiger partial charge in [0.1, 0.15) is 0 Å². The molecule has 37 heavy (non-hydrogen) atoms. The third kappa shape index (κ3) is 5.37. The molecule has 1 aliphatic heterocycles. The predicted molar refractivity (Wildman–Crippen MR) is 153 cm³/mol. The molecule has 2 fully saturated rings. The molecule has 0 radical (unpaired) electrons. The molecule has 0 amide bonds. The minimum Gasteiger partial charge on any atom is -0.360 e. The summed E-state index contributed by atoms with van der Waals surface area (Å²) in [5.41, 5.74) is 7.87. The Morgan fingerprint density at radius 3 is 2.78 bits per heavy atom. The third-order valence-corrected chi connectivity index (χ3v) is 7.63. The third-order valence-electron chi connectivity index (χ3n) is 7.35. The van der Waals surface area contributed by atoms with Crippen LogP contribution in [0.1, 0.15) is 56.2 Å². The highest BCUT2D eigenvalue weighted by atomic mass is 35.5. The fraction of sp³-hybridized carbons (Fsp3) is 0.400. The van der Waals surface area contributed by atoms with Crippen molar-refractivity contribution >= 4 is 34.1 Å². The number of halogens is 1. The molecule has 3 N–H and O–H groups in total. The van der Waals surface area contributed by atoms with Gasteiger partial charge < -0.3 is 15.6 Å². The molecule has 4 aromatic rings. The molecule has 0 bridgehead atoms. The van der Waals surface area contributed by atoms with Crippen LogP contribution in [0.15, 0.2) is 48.8 Å². The number of fused-ring (bicyclic) bond motifs is 1. The monoisotopic (exact) mass is 514 g/mol. The Balaban J connectivity index is 1.29. The van der Waals surface area contributed by atoms with Crippen LogP contribution in [0.5, 0.6) is 0 Å². The second-order valence-electron chi connectivity index (χ2n) is 11.6. The first-order valence-corrected chi connectivity index (χ1v) is 13.6. The van der Waals surface area contributed by atoms with Gasteiger partial charge in [0, 0.05) is 59.6 Å². The van der Waals surface area contributed by atoms with Gasteiger partial charge in [0.05, 0.1) is 16.9 Å². The van der Waals surface area contributed by atoms with E-state index in [1.54, 1.807) is 6.20 Å². The van der Waals surface area contributed by atoms with Crippen LogP contribution in [0.25, 0.3) is 22.2 Å². The number of rotatable bonds is 6. The summed E-state index contributed by atoms with van der Waals surface area (Å²) in [7, 11) is 0. The molecule has 2 aromatic carbocycles. The van der Waals surface area contributed by atoms with Crippen molar-refractivity contribution in [3.63, 3.8) is 0 Å². The highest BCUT2D eigenvalue weighted by Crippen LogP contribution is 2.42. The van der Waals surface area contributed by atoms with E-state index < -0.39 is 0 Å². The zero-order valence-corrected chi connectivity index (χ0v) is 22.8. The van der Waals surface area contributed by atoms with Crippen LogP contribution >= 0.6 is 11.6 Å². The van der Waals surface area contributed by atoms with Crippen LogP contribution in [0.3, 0.4) is 0 Å². The van der Waals surface area contributed by atoms with Gasteiger partial charge in [-0.1, -0.05) is 29.8 Å². The Labute approximate surface area is 223 Å². The van der Waals surface area contributed by atoms with Gasteiger partial charge in [-0.15, -0.1) is 0 Å². The summed E-state index contributed by atoms with van der Waals surface area (Å²) in [6, 6.07) is 13.7. The first kappa shape index (κ1) is 24.4. The lowest BCUT2D eigenvalue weighted by atomic mass is 9.98. The fourth-order valence-corrected chi connectivity index (χ4v) is 6.06. The predicted octanol–water partition coefficient (Wildman–Crippen LogP) is 6.78. The van der Waals surface area contributed by atoms with E-state index in [0.29, 0.717) is 22.9 Å². The van der Waals surface area contributed by atoms with Crippen molar-refractivity contribution in [1.29, 1.82) is 0 Å². The zero-order valence-electron chi connectivity index (χ0n) is 22.0. The first-order chi connectivity index (χ1) is 17.7. The maximum absolute atomic E-state index is 6.59. The first-order valence-electron chi connectivity index (χ1n) is 13.2. The van der Waals surface area contributed by atoms with Crippen LogP contribution in [0.2, 0.25) is 5.02 Å². The number of nitrogens with one attached hydrogen (secondary N) is 3. The Morgan fingerprint density at radius 1 is 1.16 bits per heavy atom. The number of aryl methyl sites for hydroxylation is 1. The standard InChI is InChI=1S/C30H35ClN6/c1-18-5-8-24-25(13-32-27(24)9-18)28-26(31)14-33-29(35-28)34-23-11-20(10-22(12-23)21-6-7-21)16-37-15-19(2)36-30(3,4)17-37/h5,8-14,19,21,32,36H,6-7,15-17H2,1-4H3,(H,33,34,35)/t19-/m1/s1. The van der Waals surface area contributed by atoms with Crippen molar-refractivity contribution in [2.24, 2.45) is 0 Å². The summed E-state index contributed by atoms with van der Waals surface area (Å²) in [6.07, 6.45) is 6.20. The van der Waals surface area contributed by atoms with E-state index in [1.165, 1.54) is 29.5 Å². The molecule has 1 saturated heterocycles. The SMILES string of the molecule is Cc1ccc2c(-c3nc(Nc4cc(CN5C[C@@H](C)NC(C)(C)C5)cc(C5CC5)c4)ncc3Cl)c[nH]c2c1. The van der Waals surface area contributed by atoms with Gasteiger partial charge in [-0.05, 0) is 81.3 Å². The van der Waals surface area contributed by atoms with Crippen LogP contribution in [0.4, 0.5) is 11.6 Å². The smallest absolute Gasteiger partial charge is 0.227 e. The quantitative estimate of drug-likeness (QED) is 0.264. The summed E-state index contributed by atoms with van der Waals surface area (Å²) in [5.74, 6) is 1.21. The normalized spacial score (nSPS) is 19.9. The molecule has 2 aromatic heterocycles. The molecule has 6 rings (SSSR count). The second kappa shape index (κ2) is 9.43. The number of benzene rings is 2. The maximum Gasteiger partial charge on any atom is 0.227 e. The molecule has 1 saturated carbocycles. The van der Waals surface area contributed by atoms with Gasteiger partial charge in [-0.25, -0.2) is 9.97 Å². The summed E-state index contributed by atoms with van der Waals surface area (Å²) in [5, 5.41) is 8.84. The minimum absolute atomic E-state index is 0.113. The summed E-state index contributed by atoms with van der Waals surface area (Å²) < 4.78 is 0. The Morgan fingerprint density at radius 2 is 2.00 bits per heavy atom. The van der Waals surface area contributed by atoms with Crippen molar-refractivity contribution in [1.82, 2.24) is 25.2 Å². The Bertz CT molecular complexity index is 1450. The van der Waals surface area contributed by atoms with Crippen LogP contribution < -0.4 is 10.6 Å². The van der Waals surface area contributed by atoms with Crippen molar-refractivity contribution in [3.8, 4) is 11.3 Å². The van der Waals surface area contributed by atoms with Gasteiger partial charge in [-0.2, -0.15) is 0 Å². The molecular weight excluding hydrogens is 480 g/mol. The lowest BCUT2D eigenvalue weighted by Gasteiger charge is -2.42. The summed E-state index contributed by atoms with van der Waals surface area (Å²) in [6.45, 7) is 11.9. The van der Waals surface area contributed by atoms with E-state index in [2.05, 4.69) is 89.6 Å². The van der Waals surface area contributed by atoms with Gasteiger partial charge in [0.15, 0.2) is 0 Å². The number of nitrogens with zero attached hydrogens (tertiary/aromatic N) is 3. The lowest BCUT2D eigenvalue weighted by Crippen LogP contribution is -2.60. The molecular formula is C30H35ClN6. The maximum atomic E-state index is 6.59. The molecule has 6 nitrogen and oxygen atoms in total. The molecule has 1 aliphatic carbocycles. The number of H-pyrrole nitrogens is 1. The average Bonchev–Trinajstić information content (AvgIpc) is 3.59. The minimum atomic E-state index is 0.113. The van der Waals surface area contributed by atoms with E-state index >= 15 is 0 Å². The van der Waals surface area contributed by atoms with E-state index in [4.69, 9.17) is 16.6 Å². The Hall–Kier alpha value is -2.93. The molecule has 192 valence electrons. The molecule has 2 aliphatic rings. The molecule has 1 atom stereocenters. The van der Waals surface area contributed by atoms with E-state index in [9.17, 15) is 0 Å². The van der Waals surface area contributed by atoms with E-state index in [-0.39, 0.29) is 5.54 Å². The fourth-order valence-electron chi connectivity index (χ4n) is 5.86. The highest BCUT2D eigenvalue weighted by Gasteiger charge is 2.30. The van der Waals surface area contributed by atoms with Crippen molar-refractivity contribution in [2.75, 3.05) is 18.4 Å². The number of aromatic nitrogens is 3. The highest BCUT2D eigenvalue weighted by molar-refractivity contribution is 6.33. The van der Waals surface area contributed by atoms with Crippen LogP contribution in [0, 0.1) is 6.92 Å². The molecule has 7 heteroatoms. The Kier molecular flexibility index (Phi) is 6.22. The van der Waals surface area contributed by atoms with Crippen molar-refractivity contribution in [2.45, 2.75) is 64.6 Å². The number of hydrogen-bond donors (Lipinski definition) is 3. The van der Waals surface area contributed by atoms with Gasteiger partial charge in [0.2, 0.25) is 5.95 Å². The largest absolute Gasteiger partial charge is 0.360 e.